The monoisotopic (exact) mass is 356 g/mol. The molecule has 0 spiro atoms. The van der Waals surface area contributed by atoms with E-state index >= 15 is 0 Å². The first-order valence-electron chi connectivity index (χ1n) is 7.67. The van der Waals surface area contributed by atoms with Gasteiger partial charge in [0, 0.05) is 33.6 Å². The van der Waals surface area contributed by atoms with E-state index in [9.17, 15) is 4.79 Å². The molecule has 3 aromatic rings. The van der Waals surface area contributed by atoms with Crippen molar-refractivity contribution in [3.63, 3.8) is 0 Å². The summed E-state index contributed by atoms with van der Waals surface area (Å²) in [5.41, 5.74) is 5.78. The van der Waals surface area contributed by atoms with Gasteiger partial charge in [0.2, 0.25) is 0 Å². The van der Waals surface area contributed by atoms with Crippen LogP contribution in [0.3, 0.4) is 0 Å². The Morgan fingerprint density at radius 3 is 2.76 bits per heavy atom. The van der Waals surface area contributed by atoms with Crippen LogP contribution in [0.5, 0.6) is 0 Å². The Hall–Kier alpha value is -2.86. The summed E-state index contributed by atoms with van der Waals surface area (Å²) in [4.78, 5) is 12.1. The lowest BCUT2D eigenvalue weighted by molar-refractivity contribution is 0.0955. The smallest absolute Gasteiger partial charge is 0.271 e. The van der Waals surface area contributed by atoms with E-state index < -0.39 is 0 Å². The molecule has 0 bridgehead atoms. The fourth-order valence-corrected chi connectivity index (χ4v) is 2.77. The van der Waals surface area contributed by atoms with Crippen LogP contribution in [-0.2, 0) is 0 Å². The van der Waals surface area contributed by atoms with Gasteiger partial charge in [-0.1, -0.05) is 22.8 Å². The molecule has 7 heteroatoms. The highest BCUT2D eigenvalue weighted by atomic mass is 35.5. The number of benzene rings is 1. The van der Waals surface area contributed by atoms with Crippen LogP contribution in [0.15, 0.2) is 46.0 Å². The Morgan fingerprint density at radius 1 is 1.28 bits per heavy atom. The molecule has 6 nitrogen and oxygen atoms in total. The second-order valence-electron chi connectivity index (χ2n) is 5.67. The highest BCUT2D eigenvalue weighted by Gasteiger charge is 2.12. The molecule has 0 atom stereocenters. The van der Waals surface area contributed by atoms with E-state index in [2.05, 4.69) is 15.7 Å². The Balaban J connectivity index is 1.77. The van der Waals surface area contributed by atoms with Crippen LogP contribution >= 0.6 is 11.6 Å². The van der Waals surface area contributed by atoms with Gasteiger partial charge in [0.25, 0.3) is 5.91 Å². The SMILES string of the molecule is Cc1cc(-n2c(C)cc(/C=N\NC(=O)c3cccc(Cl)c3)c2C)no1. The van der Waals surface area contributed by atoms with Gasteiger partial charge >= 0.3 is 0 Å². The average molecular weight is 357 g/mol. The molecule has 0 unspecified atom stereocenters. The van der Waals surface area contributed by atoms with Gasteiger partial charge in [0.05, 0.1) is 6.21 Å². The largest absolute Gasteiger partial charge is 0.360 e. The summed E-state index contributed by atoms with van der Waals surface area (Å²) in [5, 5.41) is 8.58. The molecule has 1 aromatic carbocycles. The van der Waals surface area contributed by atoms with Crippen LogP contribution in [0, 0.1) is 20.8 Å². The molecule has 1 amide bonds. The molecule has 0 fully saturated rings. The van der Waals surface area contributed by atoms with Crippen molar-refractivity contribution in [2.75, 3.05) is 0 Å². The van der Waals surface area contributed by atoms with Gasteiger partial charge in [-0.25, -0.2) is 5.43 Å². The highest BCUT2D eigenvalue weighted by Crippen LogP contribution is 2.19. The minimum Gasteiger partial charge on any atom is -0.360 e. The summed E-state index contributed by atoms with van der Waals surface area (Å²) in [7, 11) is 0. The van der Waals surface area contributed by atoms with Gasteiger partial charge in [-0.15, -0.1) is 0 Å². The van der Waals surface area contributed by atoms with Gasteiger partial charge in [-0.05, 0) is 45.0 Å². The van der Waals surface area contributed by atoms with E-state index in [1.54, 1.807) is 30.5 Å². The van der Waals surface area contributed by atoms with Crippen molar-refractivity contribution in [1.29, 1.82) is 0 Å². The van der Waals surface area contributed by atoms with Gasteiger partial charge in [-0.2, -0.15) is 5.10 Å². The number of rotatable bonds is 4. The number of nitrogens with zero attached hydrogens (tertiary/aromatic N) is 3. The molecule has 0 saturated carbocycles. The average Bonchev–Trinajstić information content (AvgIpc) is 3.10. The predicted octanol–water partition coefficient (Wildman–Crippen LogP) is 3.81. The second-order valence-corrected chi connectivity index (χ2v) is 6.10. The van der Waals surface area contributed by atoms with E-state index in [1.165, 1.54) is 0 Å². The molecule has 1 N–H and O–H groups in total. The Morgan fingerprint density at radius 2 is 2.08 bits per heavy atom. The molecule has 25 heavy (non-hydrogen) atoms. The fraction of sp³-hybridized carbons (Fsp3) is 0.167. The molecule has 128 valence electrons. The minimum absolute atomic E-state index is 0.320. The summed E-state index contributed by atoms with van der Waals surface area (Å²) in [6.45, 7) is 5.77. The first-order chi connectivity index (χ1) is 12.0. The molecule has 2 heterocycles. The van der Waals surface area contributed by atoms with Gasteiger partial charge in [0.1, 0.15) is 5.76 Å². The number of hydrazone groups is 1. The maximum Gasteiger partial charge on any atom is 0.271 e. The number of carbonyl (C=O) groups is 1. The Kier molecular flexibility index (Phi) is 4.72. The number of carbonyl (C=O) groups excluding carboxylic acids is 1. The van der Waals surface area contributed by atoms with E-state index in [0.29, 0.717) is 10.6 Å². The molecule has 3 rings (SSSR count). The van der Waals surface area contributed by atoms with E-state index in [1.807, 2.05) is 37.5 Å². The third kappa shape index (κ3) is 3.64. The number of aryl methyl sites for hydroxylation is 2. The van der Waals surface area contributed by atoms with Crippen molar-refractivity contribution in [3.05, 3.63) is 69.7 Å². The molecule has 0 aliphatic carbocycles. The van der Waals surface area contributed by atoms with Crippen LogP contribution in [0.1, 0.15) is 33.1 Å². The zero-order chi connectivity index (χ0) is 18.0. The van der Waals surface area contributed by atoms with E-state index in [-0.39, 0.29) is 5.91 Å². The number of hydrogen-bond acceptors (Lipinski definition) is 4. The molecule has 0 radical (unpaired) electrons. The quantitative estimate of drug-likeness (QED) is 0.570. The third-order valence-corrected chi connectivity index (χ3v) is 4.01. The summed E-state index contributed by atoms with van der Waals surface area (Å²) < 4.78 is 7.11. The molecule has 0 aliphatic heterocycles. The first kappa shape index (κ1) is 17.0. The first-order valence-corrected chi connectivity index (χ1v) is 8.05. The van der Waals surface area contributed by atoms with Crippen LogP contribution < -0.4 is 5.43 Å². The number of halogens is 1. The number of hydrogen-bond donors (Lipinski definition) is 1. The molecular weight excluding hydrogens is 340 g/mol. The van der Waals surface area contributed by atoms with Crippen LogP contribution in [0.25, 0.3) is 5.82 Å². The normalized spacial score (nSPS) is 11.2. The van der Waals surface area contributed by atoms with Gasteiger partial charge in [0.15, 0.2) is 5.82 Å². The van der Waals surface area contributed by atoms with E-state index in [0.717, 1.165) is 28.5 Å². The zero-order valence-electron chi connectivity index (χ0n) is 14.1. The van der Waals surface area contributed by atoms with E-state index in [4.69, 9.17) is 16.1 Å². The standard InChI is InChI=1S/C18H17ClN4O2/c1-11-7-15(13(3)23(11)17-8-12(2)25-22-17)10-20-21-18(24)14-5-4-6-16(19)9-14/h4-10H,1-3H3,(H,21,24)/b20-10-. The lowest BCUT2D eigenvalue weighted by Gasteiger charge is -2.04. The number of aromatic nitrogens is 2. The van der Waals surface area contributed by atoms with Crippen molar-refractivity contribution < 1.29 is 9.32 Å². The predicted molar refractivity (Wildman–Crippen MR) is 96.6 cm³/mol. The highest BCUT2D eigenvalue weighted by molar-refractivity contribution is 6.30. The summed E-state index contributed by atoms with van der Waals surface area (Å²) >= 11 is 5.88. The zero-order valence-corrected chi connectivity index (χ0v) is 14.8. The molecular formula is C18H17ClN4O2. The van der Waals surface area contributed by atoms with Crippen LogP contribution in [0.2, 0.25) is 5.02 Å². The van der Waals surface area contributed by atoms with Gasteiger partial charge in [-0.3, -0.25) is 9.36 Å². The lowest BCUT2D eigenvalue weighted by atomic mass is 10.2. The maximum absolute atomic E-state index is 12.1. The summed E-state index contributed by atoms with van der Waals surface area (Å²) in [5.74, 6) is 1.14. The summed E-state index contributed by atoms with van der Waals surface area (Å²) in [6, 6.07) is 10.5. The summed E-state index contributed by atoms with van der Waals surface area (Å²) in [6.07, 6.45) is 1.61. The van der Waals surface area contributed by atoms with Gasteiger partial charge < -0.3 is 4.52 Å². The van der Waals surface area contributed by atoms with Crippen molar-refractivity contribution >= 4 is 23.7 Å². The minimum atomic E-state index is -0.320. The number of nitrogens with one attached hydrogen (secondary N) is 1. The van der Waals surface area contributed by atoms with Crippen molar-refractivity contribution in [3.8, 4) is 5.82 Å². The van der Waals surface area contributed by atoms with Crippen molar-refractivity contribution in [2.45, 2.75) is 20.8 Å². The van der Waals surface area contributed by atoms with Crippen molar-refractivity contribution in [2.24, 2.45) is 5.10 Å². The molecule has 2 aromatic heterocycles. The second kappa shape index (κ2) is 6.94. The Labute approximate surface area is 150 Å². The maximum atomic E-state index is 12.1. The fourth-order valence-electron chi connectivity index (χ4n) is 2.58. The van der Waals surface area contributed by atoms with Crippen LogP contribution in [0.4, 0.5) is 0 Å². The lowest BCUT2D eigenvalue weighted by Crippen LogP contribution is -2.17. The van der Waals surface area contributed by atoms with Crippen LogP contribution in [-0.4, -0.2) is 21.8 Å². The topological polar surface area (TPSA) is 72.4 Å². The molecule has 0 saturated heterocycles. The third-order valence-electron chi connectivity index (χ3n) is 3.77. The number of amides is 1. The Bertz CT molecular complexity index is 956. The van der Waals surface area contributed by atoms with Crippen molar-refractivity contribution in [1.82, 2.24) is 15.1 Å². The molecule has 0 aliphatic rings.